The molecule has 2 unspecified atom stereocenters. The highest BCUT2D eigenvalue weighted by atomic mass is 16.3. The smallest absolute Gasteiger partial charge is 0.255 e. The molecule has 0 radical (unpaired) electrons. The molecule has 2 atom stereocenters. The summed E-state index contributed by atoms with van der Waals surface area (Å²) in [5, 5.41) is 23.6. The Hall–Kier alpha value is -8.10. The molecule has 0 spiro atoms. The Labute approximate surface area is 462 Å². The lowest BCUT2D eigenvalue weighted by Crippen LogP contribution is -2.35. The molecule has 7 aromatic rings. The van der Waals surface area contributed by atoms with E-state index in [0.29, 0.717) is 69.5 Å². The number of amides is 2. The maximum atomic E-state index is 15.7. The van der Waals surface area contributed by atoms with Crippen molar-refractivity contribution in [2.24, 2.45) is 22.7 Å². The summed E-state index contributed by atoms with van der Waals surface area (Å²) < 4.78 is 2.30. The minimum absolute atomic E-state index is 0.0283. The maximum absolute atomic E-state index is 15.7. The van der Waals surface area contributed by atoms with E-state index in [2.05, 4.69) is 138 Å². The fourth-order valence-corrected chi connectivity index (χ4v) is 11.5. The summed E-state index contributed by atoms with van der Waals surface area (Å²) in [5.41, 5.74) is 9.93. The third-order valence-electron chi connectivity index (χ3n) is 14.9. The number of ketones is 1. The summed E-state index contributed by atoms with van der Waals surface area (Å²) in [6, 6.07) is 52.5. The summed E-state index contributed by atoms with van der Waals surface area (Å²) in [7, 11) is 0. The average Bonchev–Trinajstić information content (AvgIpc) is 3.58. The van der Waals surface area contributed by atoms with E-state index in [1.54, 1.807) is 24.3 Å². The van der Waals surface area contributed by atoms with Gasteiger partial charge in [-0.1, -0.05) is 175 Å². The number of anilines is 3. The standard InChI is InChI=1S/C70H74N4O4/c1-45-29-33-51(34-30-45)73(39-37-47(3)43-69(5,6)7)59-41-57(71-67(77)49-21-13-11-14-22-49)61(55-27-19-17-25-53(55)59)63-65(75)64(66(63)76)62-56-28-20-18-26-54(56)60(42-58(62)72-68(78)50-23-15-12-16-24-50)74(52-35-31-46(2)32-36-52)40-38-48(4)44-70(8,9)10/h11-36,41-42,47-48H,37-40,43-44H2,1-10H3,(H2,71,72,75,76,77,78). The van der Waals surface area contributed by atoms with E-state index >= 15 is 9.90 Å². The van der Waals surface area contributed by atoms with Gasteiger partial charge in [0.2, 0.25) is 11.4 Å². The molecule has 0 aromatic heterocycles. The Morgan fingerprint density at radius 2 is 1.10 bits per heavy atom. The van der Waals surface area contributed by atoms with Crippen molar-refractivity contribution >= 4 is 68.0 Å². The number of hydrogen-bond donors (Lipinski definition) is 2. The molecule has 8 nitrogen and oxygen atoms in total. The highest BCUT2D eigenvalue weighted by Gasteiger charge is 2.40. The highest BCUT2D eigenvalue weighted by Crippen LogP contribution is 2.49. The zero-order valence-corrected chi connectivity index (χ0v) is 47.1. The largest absolute Gasteiger partial charge is 0.871 e. The number of hydrogen-bond acceptors (Lipinski definition) is 5. The molecular weight excluding hydrogens is 961 g/mol. The number of aryl methyl sites for hydroxylation is 2. The third-order valence-corrected chi connectivity index (χ3v) is 14.9. The van der Waals surface area contributed by atoms with Gasteiger partial charge in [0, 0.05) is 75.7 Å². The monoisotopic (exact) mass is 1030 g/mol. The van der Waals surface area contributed by atoms with Gasteiger partial charge in [-0.15, -0.1) is 0 Å². The second-order valence-corrected chi connectivity index (χ2v) is 24.1. The molecule has 0 saturated heterocycles. The van der Waals surface area contributed by atoms with Crippen molar-refractivity contribution in [1.82, 2.24) is 5.32 Å². The first kappa shape index (κ1) is 54.7. The minimum Gasteiger partial charge on any atom is -0.871 e. The summed E-state index contributed by atoms with van der Waals surface area (Å²) >= 11 is 0. The van der Waals surface area contributed by atoms with Gasteiger partial charge >= 0.3 is 0 Å². The summed E-state index contributed by atoms with van der Waals surface area (Å²) in [6.07, 6.45) is 5.83. The van der Waals surface area contributed by atoms with E-state index in [-0.39, 0.29) is 33.8 Å². The van der Waals surface area contributed by atoms with Gasteiger partial charge in [0.25, 0.3) is 11.8 Å². The zero-order chi connectivity index (χ0) is 55.5. The Morgan fingerprint density at radius 3 is 1.68 bits per heavy atom. The predicted octanol–water partition coefficient (Wildman–Crippen LogP) is 15.3. The lowest BCUT2D eigenvalue weighted by molar-refractivity contribution is -0.441. The van der Waals surface area contributed by atoms with Gasteiger partial charge in [-0.25, -0.2) is 0 Å². The molecule has 0 aliphatic heterocycles. The van der Waals surface area contributed by atoms with Gasteiger partial charge in [-0.3, -0.25) is 14.4 Å². The van der Waals surface area contributed by atoms with E-state index in [0.717, 1.165) is 70.5 Å². The lowest BCUT2D eigenvalue weighted by Gasteiger charge is -2.37. The number of fused-ring (bicyclic) bond motifs is 2. The van der Waals surface area contributed by atoms with Gasteiger partial charge in [0.05, 0.1) is 22.6 Å². The molecule has 9 rings (SSSR count). The van der Waals surface area contributed by atoms with Crippen LogP contribution >= 0.6 is 0 Å². The highest BCUT2D eigenvalue weighted by molar-refractivity contribution is 6.44. The number of carbonyl (C=O) groups excluding carboxylic acids is 3. The van der Waals surface area contributed by atoms with E-state index in [4.69, 9.17) is 0 Å². The number of allylic oxidation sites excluding steroid dienone is 4. The second kappa shape index (κ2) is 22.9. The van der Waals surface area contributed by atoms with Crippen molar-refractivity contribution < 1.29 is 24.1 Å². The summed E-state index contributed by atoms with van der Waals surface area (Å²) in [4.78, 5) is 46.8. The van der Waals surface area contributed by atoms with Gasteiger partial charge in [0.15, 0.2) is 5.78 Å². The molecule has 2 aliphatic rings. The first-order valence-corrected chi connectivity index (χ1v) is 27.6. The number of nitrogens with one attached hydrogen (secondary N) is 2. The van der Waals surface area contributed by atoms with Gasteiger partial charge in [-0.05, 0) is 115 Å². The van der Waals surface area contributed by atoms with E-state index in [1.165, 1.54) is 0 Å². The Balaban J connectivity index is 1.27. The van der Waals surface area contributed by atoms with Gasteiger partial charge in [-0.2, -0.15) is 4.58 Å². The Bertz CT molecular complexity index is 3520. The van der Waals surface area contributed by atoms with E-state index < -0.39 is 11.5 Å². The van der Waals surface area contributed by atoms with Crippen LogP contribution in [-0.4, -0.2) is 41.0 Å². The number of Topliss-reactive ketones (excluding diaryl/α,β-unsaturated/α-hetero) is 1. The van der Waals surface area contributed by atoms with Crippen molar-refractivity contribution in [3.63, 3.8) is 0 Å². The van der Waals surface area contributed by atoms with Crippen LogP contribution < -0.4 is 20.6 Å². The summed E-state index contributed by atoms with van der Waals surface area (Å²) in [5.74, 6) is -0.868. The molecule has 78 heavy (non-hydrogen) atoms. The third kappa shape index (κ3) is 12.2. The molecule has 0 bridgehead atoms. The molecule has 8 heteroatoms. The topological polar surface area (TPSA) is 105 Å². The zero-order valence-electron chi connectivity index (χ0n) is 47.1. The normalized spacial score (nSPS) is 16.0. The summed E-state index contributed by atoms with van der Waals surface area (Å²) in [6.45, 7) is 23.7. The minimum atomic E-state index is -0.473. The van der Waals surface area contributed by atoms with E-state index in [9.17, 15) is 9.59 Å². The van der Waals surface area contributed by atoms with Crippen molar-refractivity contribution in [3.8, 4) is 0 Å². The lowest BCUT2D eigenvalue weighted by atomic mass is 9.74. The quantitative estimate of drug-likeness (QED) is 0.0741. The van der Waals surface area contributed by atoms with Gasteiger partial charge in [0.1, 0.15) is 6.54 Å². The number of nitrogens with zero attached hydrogens (tertiary/aromatic N) is 2. The number of rotatable bonds is 16. The first-order chi connectivity index (χ1) is 37.2. The molecule has 398 valence electrons. The molecule has 7 aromatic carbocycles. The predicted molar refractivity (Wildman–Crippen MR) is 320 cm³/mol. The second-order valence-electron chi connectivity index (χ2n) is 24.1. The Kier molecular flexibility index (Phi) is 16.0. The molecule has 2 aliphatic carbocycles. The maximum Gasteiger partial charge on any atom is 0.255 e. The van der Waals surface area contributed by atoms with Crippen LogP contribution in [0.5, 0.6) is 0 Å². The van der Waals surface area contributed by atoms with Crippen LogP contribution in [0.4, 0.5) is 22.7 Å². The molecule has 0 saturated carbocycles. The number of carbonyl (C=O) groups is 3. The van der Waals surface area contributed by atoms with Crippen LogP contribution in [0.25, 0.3) is 21.9 Å². The van der Waals surface area contributed by atoms with Crippen LogP contribution in [-0.2, 0) is 4.79 Å². The molecular formula is C70H74N4O4. The van der Waals surface area contributed by atoms with E-state index in [1.807, 2.05) is 97.1 Å². The van der Waals surface area contributed by atoms with Crippen LogP contribution in [0.1, 0.15) is 130 Å². The van der Waals surface area contributed by atoms with Crippen molar-refractivity contribution in [2.75, 3.05) is 23.3 Å². The Morgan fingerprint density at radius 1 is 0.590 bits per heavy atom. The molecule has 0 fully saturated rings. The van der Waals surface area contributed by atoms with Crippen LogP contribution in [0.2, 0.25) is 0 Å². The number of benzene rings is 7. The van der Waals surface area contributed by atoms with Gasteiger partial charge < -0.3 is 20.6 Å². The fraction of sp³-hybridized carbons (Fsp3) is 0.286. The average molecular weight is 1040 g/mol. The van der Waals surface area contributed by atoms with Crippen molar-refractivity contribution in [2.45, 2.75) is 94.9 Å². The molecule has 2 amide bonds. The fourth-order valence-electron chi connectivity index (χ4n) is 11.5. The molecule has 0 heterocycles. The van der Waals surface area contributed by atoms with Crippen LogP contribution in [0.3, 0.4) is 0 Å². The van der Waals surface area contributed by atoms with Crippen LogP contribution in [0, 0.1) is 36.5 Å². The molecule has 2 N–H and O–H groups in total. The SMILES string of the molecule is Cc1ccc(N(CCC(C)CC(C)(C)C)c2cc(NC(=O)c3ccccc3)c(C3=C([O-])/C(=C4\C(NC(=O)c5ccccc5)=CC(=[N+](CCC(C)CC(C)(C)C)c5ccc(C)cc5)c5ccccc54)C3=O)c3ccccc23)cc1. The van der Waals surface area contributed by atoms with Crippen molar-refractivity contribution in [3.05, 3.63) is 226 Å². The van der Waals surface area contributed by atoms with Crippen LogP contribution in [0.15, 0.2) is 187 Å². The first-order valence-electron chi connectivity index (χ1n) is 27.6. The van der Waals surface area contributed by atoms with Crippen molar-refractivity contribution in [1.29, 1.82) is 0 Å².